The monoisotopic (exact) mass is 397 g/mol. The molecule has 28 heavy (non-hydrogen) atoms. The van der Waals surface area contributed by atoms with E-state index in [4.69, 9.17) is 0 Å². The van der Waals surface area contributed by atoms with E-state index in [0.717, 1.165) is 18.2 Å². The standard InChI is InChI=1S/C19H16F5N3O/c20-11-3-6-16(15(21)7-11)27-8-13-14(9-27)17(13)26-18(28)25-12-4-1-10(2-5-12)19(22,23)24/h1-7,13-14,17H,8-9H2,(H2,25,26,28). The number of piperidine rings is 1. The maximum atomic E-state index is 13.9. The van der Waals surface area contributed by atoms with Crippen molar-refractivity contribution in [3.05, 3.63) is 59.7 Å². The van der Waals surface area contributed by atoms with Crippen molar-refractivity contribution in [2.75, 3.05) is 23.3 Å². The molecular weight excluding hydrogens is 381 g/mol. The summed E-state index contributed by atoms with van der Waals surface area (Å²) in [5, 5.41) is 5.30. The summed E-state index contributed by atoms with van der Waals surface area (Å²) in [6.45, 7) is 1.08. The number of carbonyl (C=O) groups is 1. The molecule has 2 aromatic rings. The van der Waals surface area contributed by atoms with Crippen LogP contribution in [0.1, 0.15) is 5.56 Å². The van der Waals surface area contributed by atoms with E-state index in [1.165, 1.54) is 24.3 Å². The third-order valence-corrected chi connectivity index (χ3v) is 5.21. The maximum absolute atomic E-state index is 13.9. The van der Waals surface area contributed by atoms with E-state index in [9.17, 15) is 26.7 Å². The molecular formula is C19H16F5N3O. The lowest BCUT2D eigenvalue weighted by Crippen LogP contribution is -2.37. The Balaban J connectivity index is 1.29. The Morgan fingerprint density at radius 1 is 1.00 bits per heavy atom. The largest absolute Gasteiger partial charge is 0.416 e. The zero-order valence-corrected chi connectivity index (χ0v) is 14.4. The van der Waals surface area contributed by atoms with E-state index in [-0.39, 0.29) is 23.6 Å². The molecule has 1 aliphatic carbocycles. The molecule has 0 spiro atoms. The Bertz CT molecular complexity index is 887. The first-order valence-corrected chi connectivity index (χ1v) is 8.67. The van der Waals surface area contributed by atoms with Gasteiger partial charge in [0, 0.05) is 42.7 Å². The highest BCUT2D eigenvalue weighted by molar-refractivity contribution is 5.89. The number of hydrogen-bond acceptors (Lipinski definition) is 2. The van der Waals surface area contributed by atoms with Gasteiger partial charge < -0.3 is 15.5 Å². The molecule has 2 aliphatic rings. The number of carbonyl (C=O) groups excluding carboxylic acids is 1. The lowest BCUT2D eigenvalue weighted by Gasteiger charge is -2.23. The molecule has 2 N–H and O–H groups in total. The average Bonchev–Trinajstić information content (AvgIpc) is 3.05. The van der Waals surface area contributed by atoms with Crippen LogP contribution < -0.4 is 15.5 Å². The van der Waals surface area contributed by atoms with Gasteiger partial charge in [0.1, 0.15) is 11.6 Å². The summed E-state index contributed by atoms with van der Waals surface area (Å²) in [5.41, 5.74) is -0.198. The van der Waals surface area contributed by atoms with Gasteiger partial charge in [-0.25, -0.2) is 13.6 Å². The molecule has 2 amide bonds. The van der Waals surface area contributed by atoms with Crippen LogP contribution in [-0.2, 0) is 6.18 Å². The highest BCUT2D eigenvalue weighted by Crippen LogP contribution is 2.47. The van der Waals surface area contributed by atoms with Gasteiger partial charge in [-0.1, -0.05) is 0 Å². The molecule has 1 saturated carbocycles. The van der Waals surface area contributed by atoms with Crippen LogP contribution in [0.15, 0.2) is 42.5 Å². The zero-order valence-electron chi connectivity index (χ0n) is 14.4. The van der Waals surface area contributed by atoms with Crippen LogP contribution in [0, 0.1) is 23.5 Å². The number of hydrogen-bond donors (Lipinski definition) is 2. The minimum Gasteiger partial charge on any atom is -0.368 e. The molecule has 2 aromatic carbocycles. The van der Waals surface area contributed by atoms with Crippen LogP contribution in [-0.4, -0.2) is 25.2 Å². The van der Waals surface area contributed by atoms with E-state index in [1.807, 2.05) is 4.90 Å². The van der Waals surface area contributed by atoms with Gasteiger partial charge in [-0.2, -0.15) is 13.2 Å². The second kappa shape index (κ2) is 6.65. The summed E-state index contributed by atoms with van der Waals surface area (Å²) in [5.74, 6) is -0.943. The van der Waals surface area contributed by atoms with Crippen LogP contribution in [0.3, 0.4) is 0 Å². The Morgan fingerprint density at radius 2 is 1.64 bits per heavy atom. The first-order valence-electron chi connectivity index (χ1n) is 8.67. The SMILES string of the molecule is O=C(Nc1ccc(C(F)(F)F)cc1)NC1C2CN(c3ccc(F)cc3F)CC21. The molecule has 2 fully saturated rings. The number of amides is 2. The van der Waals surface area contributed by atoms with Crippen LogP contribution >= 0.6 is 0 Å². The van der Waals surface area contributed by atoms with Crippen molar-refractivity contribution in [1.29, 1.82) is 0 Å². The normalized spacial score (nSPS) is 23.3. The predicted octanol–water partition coefficient (Wildman–Crippen LogP) is 4.24. The average molecular weight is 397 g/mol. The van der Waals surface area contributed by atoms with Gasteiger partial charge in [0.2, 0.25) is 0 Å². The van der Waals surface area contributed by atoms with Crippen LogP contribution in [0.2, 0.25) is 0 Å². The summed E-state index contributed by atoms with van der Waals surface area (Å²) in [4.78, 5) is 13.9. The van der Waals surface area contributed by atoms with E-state index < -0.39 is 29.4 Å². The fraction of sp³-hybridized carbons (Fsp3) is 0.316. The fourth-order valence-corrected chi connectivity index (χ4v) is 3.74. The molecule has 1 aliphatic heterocycles. The van der Waals surface area contributed by atoms with Gasteiger partial charge >= 0.3 is 12.2 Å². The second-order valence-corrected chi connectivity index (χ2v) is 7.03. The number of halogens is 5. The third-order valence-electron chi connectivity index (χ3n) is 5.21. The van der Waals surface area contributed by atoms with Crippen molar-refractivity contribution >= 4 is 17.4 Å². The van der Waals surface area contributed by atoms with Crippen molar-refractivity contribution in [1.82, 2.24) is 5.32 Å². The Morgan fingerprint density at radius 3 is 2.21 bits per heavy atom. The number of urea groups is 1. The van der Waals surface area contributed by atoms with Crippen molar-refractivity contribution in [2.45, 2.75) is 12.2 Å². The number of alkyl halides is 3. The summed E-state index contributed by atoms with van der Waals surface area (Å²) < 4.78 is 64.5. The summed E-state index contributed by atoms with van der Waals surface area (Å²) in [6, 6.07) is 7.04. The number of fused-ring (bicyclic) bond motifs is 1. The smallest absolute Gasteiger partial charge is 0.368 e. The van der Waals surface area contributed by atoms with Gasteiger partial charge in [-0.05, 0) is 36.4 Å². The van der Waals surface area contributed by atoms with E-state index in [1.54, 1.807) is 0 Å². The summed E-state index contributed by atoms with van der Waals surface area (Å²) in [6.07, 6.45) is -4.43. The molecule has 148 valence electrons. The Hall–Kier alpha value is -2.84. The van der Waals surface area contributed by atoms with Crippen molar-refractivity contribution < 1.29 is 26.7 Å². The number of nitrogens with zero attached hydrogens (tertiary/aromatic N) is 1. The number of anilines is 2. The van der Waals surface area contributed by atoms with Crippen molar-refractivity contribution in [2.24, 2.45) is 11.8 Å². The highest BCUT2D eigenvalue weighted by Gasteiger charge is 2.56. The second-order valence-electron chi connectivity index (χ2n) is 7.03. The lowest BCUT2D eigenvalue weighted by molar-refractivity contribution is -0.137. The topological polar surface area (TPSA) is 44.4 Å². The third kappa shape index (κ3) is 3.61. The number of rotatable bonds is 3. The highest BCUT2D eigenvalue weighted by atomic mass is 19.4. The molecule has 0 aromatic heterocycles. The molecule has 4 rings (SSSR count). The molecule has 0 bridgehead atoms. The zero-order chi connectivity index (χ0) is 20.1. The van der Waals surface area contributed by atoms with E-state index >= 15 is 0 Å². The van der Waals surface area contributed by atoms with Gasteiger partial charge in [-0.3, -0.25) is 0 Å². The molecule has 0 radical (unpaired) electrons. The lowest BCUT2D eigenvalue weighted by atomic mass is 10.2. The van der Waals surface area contributed by atoms with Crippen molar-refractivity contribution in [3.63, 3.8) is 0 Å². The first kappa shape index (κ1) is 18.5. The van der Waals surface area contributed by atoms with Crippen LogP contribution in [0.25, 0.3) is 0 Å². The predicted molar refractivity (Wildman–Crippen MR) is 92.9 cm³/mol. The fourth-order valence-electron chi connectivity index (χ4n) is 3.74. The molecule has 9 heteroatoms. The van der Waals surface area contributed by atoms with E-state index in [0.29, 0.717) is 18.8 Å². The maximum Gasteiger partial charge on any atom is 0.416 e. The minimum absolute atomic E-state index is 0.0748. The van der Waals surface area contributed by atoms with Gasteiger partial charge in [0.25, 0.3) is 0 Å². The molecule has 4 nitrogen and oxygen atoms in total. The van der Waals surface area contributed by atoms with Gasteiger partial charge in [0.15, 0.2) is 0 Å². The van der Waals surface area contributed by atoms with Crippen molar-refractivity contribution in [3.8, 4) is 0 Å². The summed E-state index contributed by atoms with van der Waals surface area (Å²) in [7, 11) is 0. The molecule has 1 heterocycles. The molecule has 2 unspecified atom stereocenters. The first-order chi connectivity index (χ1) is 13.2. The van der Waals surface area contributed by atoms with Crippen LogP contribution in [0.4, 0.5) is 38.1 Å². The van der Waals surface area contributed by atoms with Gasteiger partial charge in [-0.15, -0.1) is 0 Å². The number of benzene rings is 2. The van der Waals surface area contributed by atoms with Gasteiger partial charge in [0.05, 0.1) is 11.3 Å². The minimum atomic E-state index is -4.43. The van der Waals surface area contributed by atoms with E-state index in [2.05, 4.69) is 10.6 Å². The van der Waals surface area contributed by atoms with Crippen LogP contribution in [0.5, 0.6) is 0 Å². The molecule has 2 atom stereocenters. The molecule has 1 saturated heterocycles. The Kier molecular flexibility index (Phi) is 4.40. The Labute approximate surface area is 157 Å². The number of nitrogens with one attached hydrogen (secondary N) is 2. The quantitative estimate of drug-likeness (QED) is 0.761. The summed E-state index contributed by atoms with van der Waals surface area (Å²) >= 11 is 0.